The van der Waals surface area contributed by atoms with Crippen LogP contribution in [-0.2, 0) is 23.2 Å². The van der Waals surface area contributed by atoms with E-state index in [1.807, 2.05) is 11.5 Å². The second-order valence-electron chi connectivity index (χ2n) is 6.05. The maximum Gasteiger partial charge on any atom is 0.242 e. The van der Waals surface area contributed by atoms with Crippen LogP contribution in [0.25, 0.3) is 11.0 Å². The molecule has 1 heterocycles. The molecule has 27 heavy (non-hydrogen) atoms. The minimum Gasteiger partial charge on any atom is -0.483 e. The Kier molecular flexibility index (Phi) is 5.67. The summed E-state index contributed by atoms with van der Waals surface area (Å²) in [5.74, 6) is 1.05. The highest BCUT2D eigenvalue weighted by molar-refractivity contribution is 7.89. The van der Waals surface area contributed by atoms with E-state index >= 15 is 0 Å². The lowest BCUT2D eigenvalue weighted by atomic mass is 10.3. The van der Waals surface area contributed by atoms with Crippen molar-refractivity contribution in [3.63, 3.8) is 0 Å². The van der Waals surface area contributed by atoms with Gasteiger partial charge in [0.1, 0.15) is 12.4 Å². The number of fused-ring (bicyclic) bond motifs is 1. The van der Waals surface area contributed by atoms with E-state index < -0.39 is 10.0 Å². The van der Waals surface area contributed by atoms with Crippen LogP contribution >= 0.6 is 23.2 Å². The van der Waals surface area contributed by atoms with E-state index in [2.05, 4.69) is 4.98 Å². The SMILES string of the molecule is CCn1c(COc2c(Cl)cccc2Cl)nc2cc(S(=O)(=O)N(C)C)ccc21. The first-order valence-corrected chi connectivity index (χ1v) is 10.4. The van der Waals surface area contributed by atoms with Gasteiger partial charge < -0.3 is 9.30 Å². The zero-order valence-electron chi connectivity index (χ0n) is 15.1. The largest absolute Gasteiger partial charge is 0.483 e. The minimum atomic E-state index is -3.53. The first-order chi connectivity index (χ1) is 12.8. The van der Waals surface area contributed by atoms with Crippen LogP contribution in [0.3, 0.4) is 0 Å². The normalized spacial score (nSPS) is 12.1. The second-order valence-corrected chi connectivity index (χ2v) is 9.02. The predicted molar refractivity (Wildman–Crippen MR) is 107 cm³/mol. The zero-order valence-corrected chi connectivity index (χ0v) is 17.4. The van der Waals surface area contributed by atoms with Gasteiger partial charge in [-0.2, -0.15) is 0 Å². The third kappa shape index (κ3) is 3.78. The lowest BCUT2D eigenvalue weighted by Crippen LogP contribution is -2.22. The van der Waals surface area contributed by atoms with Gasteiger partial charge in [0, 0.05) is 20.6 Å². The summed E-state index contributed by atoms with van der Waals surface area (Å²) in [4.78, 5) is 4.76. The van der Waals surface area contributed by atoms with E-state index in [0.29, 0.717) is 33.7 Å². The fraction of sp³-hybridized carbons (Fsp3) is 0.278. The molecule has 0 atom stereocenters. The highest BCUT2D eigenvalue weighted by Crippen LogP contribution is 2.33. The molecule has 3 aromatic rings. The van der Waals surface area contributed by atoms with Gasteiger partial charge in [0.15, 0.2) is 5.75 Å². The third-order valence-corrected chi connectivity index (χ3v) is 6.56. The summed E-state index contributed by atoms with van der Waals surface area (Å²) in [6.45, 7) is 2.80. The summed E-state index contributed by atoms with van der Waals surface area (Å²) in [5.41, 5.74) is 1.42. The summed E-state index contributed by atoms with van der Waals surface area (Å²) in [7, 11) is -0.534. The Morgan fingerprint density at radius 2 is 1.81 bits per heavy atom. The monoisotopic (exact) mass is 427 g/mol. The van der Waals surface area contributed by atoms with Gasteiger partial charge in [0.25, 0.3) is 0 Å². The van der Waals surface area contributed by atoms with E-state index in [1.165, 1.54) is 18.4 Å². The first-order valence-electron chi connectivity index (χ1n) is 8.24. The van der Waals surface area contributed by atoms with Crippen LogP contribution in [0.4, 0.5) is 0 Å². The van der Waals surface area contributed by atoms with E-state index in [0.717, 1.165) is 5.52 Å². The van der Waals surface area contributed by atoms with E-state index in [4.69, 9.17) is 27.9 Å². The molecule has 0 aliphatic rings. The minimum absolute atomic E-state index is 0.155. The molecule has 2 aromatic carbocycles. The van der Waals surface area contributed by atoms with Crippen LogP contribution < -0.4 is 4.74 Å². The fourth-order valence-corrected chi connectivity index (χ4v) is 4.18. The molecule has 1 aromatic heterocycles. The Bertz CT molecular complexity index is 1070. The van der Waals surface area contributed by atoms with Crippen molar-refractivity contribution < 1.29 is 13.2 Å². The van der Waals surface area contributed by atoms with Crippen molar-refractivity contribution >= 4 is 44.3 Å². The molecule has 0 radical (unpaired) electrons. The van der Waals surface area contributed by atoms with Gasteiger partial charge in [0.05, 0.1) is 26.0 Å². The van der Waals surface area contributed by atoms with Gasteiger partial charge in [-0.1, -0.05) is 29.3 Å². The van der Waals surface area contributed by atoms with Crippen molar-refractivity contribution in [3.8, 4) is 5.75 Å². The molecule has 0 amide bonds. The average molecular weight is 428 g/mol. The van der Waals surface area contributed by atoms with Gasteiger partial charge in [-0.15, -0.1) is 0 Å². The molecule has 6 nitrogen and oxygen atoms in total. The number of aryl methyl sites for hydroxylation is 1. The van der Waals surface area contributed by atoms with Crippen LogP contribution in [0, 0.1) is 0 Å². The number of benzene rings is 2. The summed E-state index contributed by atoms with van der Waals surface area (Å²) in [6, 6.07) is 10.1. The molecule has 9 heteroatoms. The van der Waals surface area contributed by atoms with Gasteiger partial charge in [0.2, 0.25) is 10.0 Å². The summed E-state index contributed by atoms with van der Waals surface area (Å²) < 4.78 is 33.6. The molecule has 0 N–H and O–H groups in total. The Labute approximate surface area is 168 Å². The molecule has 0 aliphatic heterocycles. The van der Waals surface area contributed by atoms with Crippen molar-refractivity contribution in [1.82, 2.24) is 13.9 Å². The molecule has 0 fully saturated rings. The number of ether oxygens (including phenoxy) is 1. The number of hydrogen-bond acceptors (Lipinski definition) is 4. The highest BCUT2D eigenvalue weighted by Gasteiger charge is 2.20. The van der Waals surface area contributed by atoms with Gasteiger partial charge in [-0.05, 0) is 37.3 Å². The molecule has 144 valence electrons. The Morgan fingerprint density at radius 3 is 2.41 bits per heavy atom. The number of rotatable bonds is 6. The number of aromatic nitrogens is 2. The average Bonchev–Trinajstić information content (AvgIpc) is 2.97. The molecular weight excluding hydrogens is 409 g/mol. The molecule has 0 unspecified atom stereocenters. The van der Waals surface area contributed by atoms with Crippen molar-refractivity contribution in [3.05, 3.63) is 52.3 Å². The van der Waals surface area contributed by atoms with Gasteiger partial charge in [-0.25, -0.2) is 17.7 Å². The van der Waals surface area contributed by atoms with Crippen molar-refractivity contribution in [1.29, 1.82) is 0 Å². The second kappa shape index (κ2) is 7.67. The maximum atomic E-state index is 12.4. The van der Waals surface area contributed by atoms with Gasteiger partial charge in [-0.3, -0.25) is 0 Å². The summed E-state index contributed by atoms with van der Waals surface area (Å²) in [6.07, 6.45) is 0. The molecule has 3 rings (SSSR count). The number of halogens is 2. The van der Waals surface area contributed by atoms with Crippen molar-refractivity contribution in [2.75, 3.05) is 14.1 Å². The van der Waals surface area contributed by atoms with Crippen LogP contribution in [0.5, 0.6) is 5.75 Å². The van der Waals surface area contributed by atoms with Crippen molar-refractivity contribution in [2.24, 2.45) is 0 Å². The van der Waals surface area contributed by atoms with Crippen LogP contribution in [-0.4, -0.2) is 36.4 Å². The summed E-state index contributed by atoms with van der Waals surface area (Å²) >= 11 is 12.3. The van der Waals surface area contributed by atoms with E-state index in [-0.39, 0.29) is 11.5 Å². The van der Waals surface area contributed by atoms with Crippen LogP contribution in [0.15, 0.2) is 41.3 Å². The van der Waals surface area contributed by atoms with E-state index in [9.17, 15) is 8.42 Å². The molecule has 0 spiro atoms. The van der Waals surface area contributed by atoms with Crippen LogP contribution in [0.1, 0.15) is 12.7 Å². The number of hydrogen-bond donors (Lipinski definition) is 0. The number of nitrogens with zero attached hydrogens (tertiary/aromatic N) is 3. The standard InChI is InChI=1S/C18H19Cl2N3O3S/c1-4-23-16-9-8-12(27(24,25)22(2)3)10-15(16)21-17(23)11-26-18-13(19)6-5-7-14(18)20/h5-10H,4,11H2,1-3H3. The molecule has 0 bridgehead atoms. The number of imidazole rings is 1. The maximum absolute atomic E-state index is 12.4. The zero-order chi connectivity index (χ0) is 19.8. The lowest BCUT2D eigenvalue weighted by molar-refractivity contribution is 0.291. The summed E-state index contributed by atoms with van der Waals surface area (Å²) in [5, 5.41) is 0.835. The molecular formula is C18H19Cl2N3O3S. The number of para-hydroxylation sites is 1. The Hall–Kier alpha value is -1.80. The molecule has 0 saturated heterocycles. The number of sulfonamides is 1. The third-order valence-electron chi connectivity index (χ3n) is 4.16. The first kappa shape index (κ1) is 19.9. The highest BCUT2D eigenvalue weighted by atomic mass is 35.5. The predicted octanol–water partition coefficient (Wildman–Crippen LogP) is 4.19. The Morgan fingerprint density at radius 1 is 1.15 bits per heavy atom. The smallest absolute Gasteiger partial charge is 0.242 e. The fourth-order valence-electron chi connectivity index (χ4n) is 2.75. The lowest BCUT2D eigenvalue weighted by Gasteiger charge is -2.11. The van der Waals surface area contributed by atoms with E-state index in [1.54, 1.807) is 36.4 Å². The topological polar surface area (TPSA) is 64.4 Å². The van der Waals surface area contributed by atoms with Gasteiger partial charge >= 0.3 is 0 Å². The van der Waals surface area contributed by atoms with Crippen molar-refractivity contribution in [2.45, 2.75) is 25.0 Å². The van der Waals surface area contributed by atoms with Crippen LogP contribution in [0.2, 0.25) is 10.0 Å². The Balaban J connectivity index is 1.99. The quantitative estimate of drug-likeness (QED) is 0.591. The molecule has 0 saturated carbocycles. The molecule has 0 aliphatic carbocycles.